The maximum atomic E-state index is 12.6. The van der Waals surface area contributed by atoms with Crippen LogP contribution in [0, 0.1) is 6.92 Å². The van der Waals surface area contributed by atoms with Crippen molar-refractivity contribution < 1.29 is 4.79 Å². The Labute approximate surface area is 143 Å². The molecule has 0 unspecified atom stereocenters. The van der Waals surface area contributed by atoms with Crippen LogP contribution in [0.1, 0.15) is 19.0 Å². The Morgan fingerprint density at radius 3 is 2.58 bits per heavy atom. The van der Waals surface area contributed by atoms with Gasteiger partial charge in [0.1, 0.15) is 0 Å². The number of anilines is 1. The lowest BCUT2D eigenvalue weighted by molar-refractivity contribution is 0.147. The average Bonchev–Trinajstić information content (AvgIpc) is 3.02. The molecule has 0 aliphatic carbocycles. The van der Waals surface area contributed by atoms with Crippen LogP contribution in [0.2, 0.25) is 0 Å². The van der Waals surface area contributed by atoms with Gasteiger partial charge in [-0.25, -0.2) is 9.48 Å². The predicted octanol–water partition coefficient (Wildman–Crippen LogP) is 2.74. The fourth-order valence-corrected chi connectivity index (χ4v) is 3.01. The first-order valence-corrected chi connectivity index (χ1v) is 8.57. The van der Waals surface area contributed by atoms with Crippen molar-refractivity contribution in [2.45, 2.75) is 20.3 Å². The molecule has 0 saturated carbocycles. The normalized spacial score (nSPS) is 15.5. The molecule has 0 spiro atoms. The summed E-state index contributed by atoms with van der Waals surface area (Å²) in [6.07, 6.45) is 3.06. The van der Waals surface area contributed by atoms with Gasteiger partial charge in [0.05, 0.1) is 17.1 Å². The molecule has 1 N–H and O–H groups in total. The van der Waals surface area contributed by atoms with Crippen LogP contribution in [-0.2, 0) is 0 Å². The number of aromatic nitrogens is 2. The number of carbonyl (C=O) groups is 1. The van der Waals surface area contributed by atoms with Crippen molar-refractivity contribution in [1.29, 1.82) is 0 Å². The largest absolute Gasteiger partial charge is 0.322 e. The second-order valence-corrected chi connectivity index (χ2v) is 6.18. The molecule has 1 aliphatic heterocycles. The SMILES string of the molecule is CCCN1CCN(C(=O)Nc2ccccc2-n2ccc(C)n2)CC1. The molecule has 2 aromatic rings. The Kier molecular flexibility index (Phi) is 5.15. The third kappa shape index (κ3) is 3.76. The van der Waals surface area contributed by atoms with Gasteiger partial charge >= 0.3 is 6.03 Å². The fraction of sp³-hybridized carbons (Fsp3) is 0.444. The number of nitrogens with zero attached hydrogens (tertiary/aromatic N) is 4. The van der Waals surface area contributed by atoms with E-state index >= 15 is 0 Å². The van der Waals surface area contributed by atoms with E-state index in [-0.39, 0.29) is 6.03 Å². The van der Waals surface area contributed by atoms with E-state index in [0.29, 0.717) is 0 Å². The Hall–Kier alpha value is -2.34. The summed E-state index contributed by atoms with van der Waals surface area (Å²) in [5, 5.41) is 7.48. The van der Waals surface area contributed by atoms with Crippen LogP contribution in [0.4, 0.5) is 10.5 Å². The monoisotopic (exact) mass is 327 g/mol. The van der Waals surface area contributed by atoms with Gasteiger partial charge < -0.3 is 10.2 Å². The average molecular weight is 327 g/mol. The van der Waals surface area contributed by atoms with Crippen molar-refractivity contribution in [3.63, 3.8) is 0 Å². The van der Waals surface area contributed by atoms with Crippen molar-refractivity contribution in [1.82, 2.24) is 19.6 Å². The summed E-state index contributed by atoms with van der Waals surface area (Å²) >= 11 is 0. The minimum absolute atomic E-state index is 0.0394. The minimum Gasteiger partial charge on any atom is -0.322 e. The Bertz CT molecular complexity index is 688. The number of amides is 2. The molecule has 0 radical (unpaired) electrons. The van der Waals surface area contributed by atoms with E-state index < -0.39 is 0 Å². The van der Waals surface area contributed by atoms with Gasteiger partial charge in [0.15, 0.2) is 0 Å². The fourth-order valence-electron chi connectivity index (χ4n) is 3.01. The highest BCUT2D eigenvalue weighted by molar-refractivity contribution is 5.91. The highest BCUT2D eigenvalue weighted by Crippen LogP contribution is 2.20. The van der Waals surface area contributed by atoms with Crippen LogP contribution in [0.15, 0.2) is 36.5 Å². The number of carbonyl (C=O) groups excluding carboxylic acids is 1. The third-order valence-corrected chi connectivity index (χ3v) is 4.31. The molecule has 1 aromatic heterocycles. The summed E-state index contributed by atoms with van der Waals surface area (Å²) in [4.78, 5) is 16.9. The van der Waals surface area contributed by atoms with E-state index in [2.05, 4.69) is 22.2 Å². The van der Waals surface area contributed by atoms with Gasteiger partial charge in [-0.3, -0.25) is 4.90 Å². The first kappa shape index (κ1) is 16.5. The summed E-state index contributed by atoms with van der Waals surface area (Å²) < 4.78 is 1.80. The molecule has 6 nitrogen and oxygen atoms in total. The number of urea groups is 1. The van der Waals surface area contributed by atoms with Crippen molar-refractivity contribution in [3.8, 4) is 5.69 Å². The van der Waals surface area contributed by atoms with Gasteiger partial charge in [0.2, 0.25) is 0 Å². The van der Waals surface area contributed by atoms with Crippen molar-refractivity contribution in [2.75, 3.05) is 38.0 Å². The van der Waals surface area contributed by atoms with Crippen LogP contribution < -0.4 is 5.32 Å². The molecular formula is C18H25N5O. The lowest BCUT2D eigenvalue weighted by atomic mass is 10.2. The number of aryl methyl sites for hydroxylation is 1. The van der Waals surface area contributed by atoms with Gasteiger partial charge in [-0.15, -0.1) is 0 Å². The maximum absolute atomic E-state index is 12.6. The number of para-hydroxylation sites is 2. The molecule has 2 amide bonds. The van der Waals surface area contributed by atoms with Gasteiger partial charge in [-0.2, -0.15) is 5.10 Å². The molecule has 1 aromatic carbocycles. The molecular weight excluding hydrogens is 302 g/mol. The zero-order valence-corrected chi connectivity index (χ0v) is 14.4. The lowest BCUT2D eigenvalue weighted by Crippen LogP contribution is -2.50. The standard InChI is InChI=1S/C18H25N5O/c1-3-9-21-11-13-22(14-12-21)18(24)19-16-6-4-5-7-17(16)23-10-8-15(2)20-23/h4-8,10H,3,9,11-14H2,1-2H3,(H,19,24). The van der Waals surface area contributed by atoms with E-state index in [0.717, 1.165) is 56.2 Å². The topological polar surface area (TPSA) is 53.4 Å². The van der Waals surface area contributed by atoms with Gasteiger partial charge in [-0.05, 0) is 38.1 Å². The second kappa shape index (κ2) is 7.49. The van der Waals surface area contributed by atoms with Crippen molar-refractivity contribution in [3.05, 3.63) is 42.2 Å². The smallest absolute Gasteiger partial charge is 0.321 e. The minimum atomic E-state index is -0.0394. The zero-order chi connectivity index (χ0) is 16.9. The van der Waals surface area contributed by atoms with Crippen LogP contribution in [0.3, 0.4) is 0 Å². The lowest BCUT2D eigenvalue weighted by Gasteiger charge is -2.34. The van der Waals surface area contributed by atoms with E-state index in [4.69, 9.17) is 0 Å². The molecule has 6 heteroatoms. The zero-order valence-electron chi connectivity index (χ0n) is 14.4. The van der Waals surface area contributed by atoms with E-state index in [1.165, 1.54) is 0 Å². The molecule has 1 saturated heterocycles. The van der Waals surface area contributed by atoms with Crippen LogP contribution in [-0.4, -0.2) is 58.3 Å². The first-order chi connectivity index (χ1) is 11.7. The molecule has 128 valence electrons. The highest BCUT2D eigenvalue weighted by atomic mass is 16.2. The number of hydrogen-bond donors (Lipinski definition) is 1. The Balaban J connectivity index is 1.67. The third-order valence-electron chi connectivity index (χ3n) is 4.31. The number of nitrogens with one attached hydrogen (secondary N) is 1. The van der Waals surface area contributed by atoms with Crippen LogP contribution in [0.5, 0.6) is 0 Å². The van der Waals surface area contributed by atoms with Crippen molar-refractivity contribution >= 4 is 11.7 Å². The molecule has 0 bridgehead atoms. The second-order valence-electron chi connectivity index (χ2n) is 6.18. The van der Waals surface area contributed by atoms with Crippen molar-refractivity contribution in [2.24, 2.45) is 0 Å². The van der Waals surface area contributed by atoms with Crippen LogP contribution >= 0.6 is 0 Å². The number of hydrogen-bond acceptors (Lipinski definition) is 3. The van der Waals surface area contributed by atoms with Gasteiger partial charge in [0.25, 0.3) is 0 Å². The van der Waals surface area contributed by atoms with Gasteiger partial charge in [0, 0.05) is 32.4 Å². The van der Waals surface area contributed by atoms with Crippen LogP contribution in [0.25, 0.3) is 5.69 Å². The summed E-state index contributed by atoms with van der Waals surface area (Å²) in [5.74, 6) is 0. The highest BCUT2D eigenvalue weighted by Gasteiger charge is 2.21. The Morgan fingerprint density at radius 2 is 1.92 bits per heavy atom. The summed E-state index contributed by atoms with van der Waals surface area (Å²) in [6.45, 7) is 8.68. The first-order valence-electron chi connectivity index (χ1n) is 8.57. The Morgan fingerprint density at radius 1 is 1.17 bits per heavy atom. The molecule has 24 heavy (non-hydrogen) atoms. The molecule has 1 aliphatic rings. The molecule has 0 atom stereocenters. The maximum Gasteiger partial charge on any atom is 0.321 e. The summed E-state index contributed by atoms with van der Waals surface area (Å²) in [6, 6.07) is 9.66. The van der Waals surface area contributed by atoms with E-state index in [9.17, 15) is 4.79 Å². The quantitative estimate of drug-likeness (QED) is 0.939. The summed E-state index contributed by atoms with van der Waals surface area (Å²) in [7, 11) is 0. The molecule has 1 fully saturated rings. The summed E-state index contributed by atoms with van der Waals surface area (Å²) in [5.41, 5.74) is 2.60. The predicted molar refractivity (Wildman–Crippen MR) is 95.6 cm³/mol. The number of benzene rings is 1. The van der Waals surface area contributed by atoms with Gasteiger partial charge in [-0.1, -0.05) is 19.1 Å². The van der Waals surface area contributed by atoms with E-state index in [1.807, 2.05) is 48.4 Å². The number of rotatable bonds is 4. The number of piperazine rings is 1. The van der Waals surface area contributed by atoms with E-state index in [1.54, 1.807) is 4.68 Å². The molecule has 2 heterocycles. The molecule has 3 rings (SSSR count).